The van der Waals surface area contributed by atoms with Gasteiger partial charge in [-0.25, -0.2) is 0 Å². The van der Waals surface area contributed by atoms with Crippen LogP contribution in [0.25, 0.3) is 10.6 Å². The van der Waals surface area contributed by atoms with Gasteiger partial charge in [0.15, 0.2) is 5.78 Å². The van der Waals surface area contributed by atoms with Crippen LogP contribution in [0.5, 0.6) is 0 Å². The predicted octanol–water partition coefficient (Wildman–Crippen LogP) is 2.67. The summed E-state index contributed by atoms with van der Waals surface area (Å²) in [5, 5.41) is 18.9. The van der Waals surface area contributed by atoms with Crippen molar-refractivity contribution in [1.82, 2.24) is 4.98 Å². The monoisotopic (exact) mass is 367 g/mol. The topological polar surface area (TPSA) is 70.4 Å². The highest BCUT2D eigenvalue weighted by molar-refractivity contribution is 9.11. The first kappa shape index (κ1) is 14.8. The molecule has 21 heavy (non-hydrogen) atoms. The van der Waals surface area contributed by atoms with Gasteiger partial charge in [-0.1, -0.05) is 0 Å². The van der Waals surface area contributed by atoms with Crippen LogP contribution in [0.15, 0.2) is 28.1 Å². The third-order valence-corrected chi connectivity index (χ3v) is 5.62. The molecule has 0 spiro atoms. The number of pyridine rings is 1. The number of ketones is 1. The van der Waals surface area contributed by atoms with Crippen molar-refractivity contribution in [2.24, 2.45) is 5.41 Å². The number of aromatic nitrogens is 1. The molecule has 3 rings (SSSR count). The minimum atomic E-state index is -1.05. The zero-order valence-corrected chi connectivity index (χ0v) is 13.6. The Labute approximate surface area is 134 Å². The third kappa shape index (κ3) is 2.46. The van der Waals surface area contributed by atoms with Crippen LogP contribution in [0, 0.1) is 5.41 Å². The molecule has 2 aromatic heterocycles. The molecule has 1 aliphatic carbocycles. The van der Waals surface area contributed by atoms with Crippen LogP contribution < -0.4 is 0 Å². The number of aryl methyl sites for hydroxylation is 1. The van der Waals surface area contributed by atoms with E-state index in [2.05, 4.69) is 20.9 Å². The minimum absolute atomic E-state index is 0.208. The lowest BCUT2D eigenvalue weighted by molar-refractivity contribution is 0.0343. The van der Waals surface area contributed by atoms with Gasteiger partial charge in [0.2, 0.25) is 0 Å². The van der Waals surface area contributed by atoms with Gasteiger partial charge in [-0.05, 0) is 53.0 Å². The van der Waals surface area contributed by atoms with E-state index < -0.39 is 5.41 Å². The summed E-state index contributed by atoms with van der Waals surface area (Å²) in [6.45, 7) is -0.664. The number of fused-ring (bicyclic) bond motifs is 1. The molecule has 0 aromatic carbocycles. The van der Waals surface area contributed by atoms with E-state index in [1.165, 1.54) is 0 Å². The lowest BCUT2D eigenvalue weighted by Gasteiger charge is -2.32. The average Bonchev–Trinajstić information content (AvgIpc) is 2.95. The molecule has 0 aliphatic heterocycles. The van der Waals surface area contributed by atoms with Gasteiger partial charge in [0.05, 0.1) is 38.7 Å². The zero-order chi connectivity index (χ0) is 15.0. The van der Waals surface area contributed by atoms with Gasteiger partial charge in [0, 0.05) is 5.56 Å². The molecule has 0 fully saturated rings. The van der Waals surface area contributed by atoms with Crippen LogP contribution in [0.1, 0.15) is 22.5 Å². The first-order valence-electron chi connectivity index (χ1n) is 6.62. The van der Waals surface area contributed by atoms with Gasteiger partial charge >= 0.3 is 0 Å². The van der Waals surface area contributed by atoms with Crippen molar-refractivity contribution in [1.29, 1.82) is 0 Å². The van der Waals surface area contributed by atoms with E-state index in [1.807, 2.05) is 18.2 Å². The predicted molar refractivity (Wildman–Crippen MR) is 84.5 cm³/mol. The quantitative estimate of drug-likeness (QED) is 0.874. The summed E-state index contributed by atoms with van der Waals surface area (Å²) in [6, 6.07) is 7.53. The number of nitrogens with zero attached hydrogens (tertiary/aromatic N) is 1. The Morgan fingerprint density at radius 3 is 2.62 bits per heavy atom. The zero-order valence-electron chi connectivity index (χ0n) is 11.2. The molecule has 1 aliphatic rings. The smallest absolute Gasteiger partial charge is 0.175 e. The van der Waals surface area contributed by atoms with Crippen LogP contribution in [0.3, 0.4) is 0 Å². The van der Waals surface area contributed by atoms with Crippen molar-refractivity contribution in [3.8, 4) is 10.6 Å². The largest absolute Gasteiger partial charge is 0.395 e. The average molecular weight is 368 g/mol. The van der Waals surface area contributed by atoms with Crippen molar-refractivity contribution in [2.45, 2.75) is 12.8 Å². The maximum absolute atomic E-state index is 12.5. The number of thiophene rings is 1. The highest BCUT2D eigenvalue weighted by atomic mass is 79.9. The molecule has 0 amide bonds. The highest BCUT2D eigenvalue weighted by Gasteiger charge is 2.42. The summed E-state index contributed by atoms with van der Waals surface area (Å²) in [5.41, 5.74) is 1.06. The Morgan fingerprint density at radius 2 is 2.00 bits per heavy atom. The van der Waals surface area contributed by atoms with Crippen molar-refractivity contribution in [3.05, 3.63) is 39.3 Å². The Bertz CT molecular complexity index is 694. The molecule has 4 nitrogen and oxygen atoms in total. The first-order valence-corrected chi connectivity index (χ1v) is 8.23. The Hall–Kier alpha value is -1.08. The van der Waals surface area contributed by atoms with Gasteiger partial charge in [-0.2, -0.15) is 0 Å². The Balaban J connectivity index is 2.01. The Kier molecular flexibility index (Phi) is 3.96. The standard InChI is InChI=1S/C15H14BrNO3S/c16-13-4-3-12(21-13)11-2-1-9-10(17-11)5-6-15(7-18,8-19)14(9)20/h1-4,18-19H,5-8H2. The summed E-state index contributed by atoms with van der Waals surface area (Å²) >= 11 is 5.02. The lowest BCUT2D eigenvalue weighted by atomic mass is 9.73. The van der Waals surface area contributed by atoms with Crippen molar-refractivity contribution < 1.29 is 15.0 Å². The Morgan fingerprint density at radius 1 is 1.24 bits per heavy atom. The number of carbonyl (C=O) groups excluding carboxylic acids is 1. The van der Waals surface area contributed by atoms with Gasteiger partial charge < -0.3 is 10.2 Å². The second-order valence-electron chi connectivity index (χ2n) is 5.22. The summed E-state index contributed by atoms with van der Waals surface area (Å²) in [5.74, 6) is -0.208. The van der Waals surface area contributed by atoms with E-state index in [1.54, 1.807) is 17.4 Å². The van der Waals surface area contributed by atoms with E-state index in [-0.39, 0.29) is 19.0 Å². The molecular formula is C15H14BrNO3S. The van der Waals surface area contributed by atoms with Gasteiger partial charge in [0.25, 0.3) is 0 Å². The number of hydrogen-bond acceptors (Lipinski definition) is 5. The van der Waals surface area contributed by atoms with Gasteiger partial charge in [0.1, 0.15) is 0 Å². The molecule has 0 saturated heterocycles. The number of hydrogen-bond donors (Lipinski definition) is 2. The second kappa shape index (κ2) is 5.61. The first-order chi connectivity index (χ1) is 10.1. The fraction of sp³-hybridized carbons (Fsp3) is 0.333. The lowest BCUT2D eigenvalue weighted by Crippen LogP contribution is -2.42. The summed E-state index contributed by atoms with van der Waals surface area (Å²) in [6.07, 6.45) is 1.01. The summed E-state index contributed by atoms with van der Waals surface area (Å²) in [7, 11) is 0. The molecule has 0 saturated carbocycles. The van der Waals surface area contributed by atoms with E-state index >= 15 is 0 Å². The SMILES string of the molecule is O=C1c2ccc(-c3ccc(Br)s3)nc2CCC1(CO)CO. The molecule has 0 unspecified atom stereocenters. The van der Waals surface area contributed by atoms with Gasteiger partial charge in [-0.3, -0.25) is 9.78 Å². The molecule has 2 aromatic rings. The molecule has 110 valence electrons. The molecule has 6 heteroatoms. The van der Waals surface area contributed by atoms with Gasteiger partial charge in [-0.15, -0.1) is 11.3 Å². The number of aliphatic hydroxyl groups excluding tert-OH is 2. The molecule has 2 N–H and O–H groups in total. The second-order valence-corrected chi connectivity index (χ2v) is 7.68. The highest BCUT2D eigenvalue weighted by Crippen LogP contribution is 2.36. The summed E-state index contributed by atoms with van der Waals surface area (Å²) in [4.78, 5) is 18.1. The third-order valence-electron chi connectivity index (χ3n) is 3.97. The summed E-state index contributed by atoms with van der Waals surface area (Å²) < 4.78 is 1.03. The van der Waals surface area contributed by atoms with Crippen LogP contribution in [0.2, 0.25) is 0 Å². The van der Waals surface area contributed by atoms with Crippen LogP contribution in [-0.2, 0) is 6.42 Å². The van der Waals surface area contributed by atoms with Crippen molar-refractivity contribution >= 4 is 33.0 Å². The van der Waals surface area contributed by atoms with E-state index in [4.69, 9.17) is 0 Å². The number of rotatable bonds is 3. The normalized spacial score (nSPS) is 16.8. The maximum Gasteiger partial charge on any atom is 0.175 e. The van der Waals surface area contributed by atoms with Crippen molar-refractivity contribution in [2.75, 3.05) is 13.2 Å². The van der Waals surface area contributed by atoms with Crippen LogP contribution in [-0.4, -0.2) is 34.2 Å². The van der Waals surface area contributed by atoms with E-state index in [0.29, 0.717) is 18.4 Å². The minimum Gasteiger partial charge on any atom is -0.395 e. The number of aliphatic hydroxyl groups is 2. The molecule has 0 atom stereocenters. The van der Waals surface area contributed by atoms with Crippen LogP contribution in [0.4, 0.5) is 0 Å². The maximum atomic E-state index is 12.5. The number of halogens is 1. The fourth-order valence-corrected chi connectivity index (χ4v) is 3.95. The van der Waals surface area contributed by atoms with Crippen LogP contribution >= 0.6 is 27.3 Å². The molecule has 0 radical (unpaired) electrons. The molecule has 2 heterocycles. The molecule has 0 bridgehead atoms. The fourth-order valence-electron chi connectivity index (χ4n) is 2.60. The number of Topliss-reactive ketones (excluding diaryl/α,β-unsaturated/α-hetero) is 1. The molecular weight excluding hydrogens is 354 g/mol. The van der Waals surface area contributed by atoms with E-state index in [0.717, 1.165) is 20.1 Å². The number of carbonyl (C=O) groups is 1. The van der Waals surface area contributed by atoms with Crippen molar-refractivity contribution in [3.63, 3.8) is 0 Å². The van der Waals surface area contributed by atoms with E-state index in [9.17, 15) is 15.0 Å².